The first-order valence-electron chi connectivity index (χ1n) is 7.76. The third kappa shape index (κ3) is 3.69. The number of nitrogens with one attached hydrogen (secondary N) is 1. The molecule has 0 aliphatic carbocycles. The van der Waals surface area contributed by atoms with Crippen molar-refractivity contribution < 1.29 is 0 Å². The van der Waals surface area contributed by atoms with E-state index in [0.29, 0.717) is 6.04 Å². The summed E-state index contributed by atoms with van der Waals surface area (Å²) >= 11 is 0. The predicted molar refractivity (Wildman–Crippen MR) is 92.9 cm³/mol. The van der Waals surface area contributed by atoms with Gasteiger partial charge in [0.2, 0.25) is 0 Å². The molecule has 5 heteroatoms. The molecule has 1 aromatic carbocycles. The van der Waals surface area contributed by atoms with Crippen molar-refractivity contribution in [1.29, 1.82) is 0 Å². The lowest BCUT2D eigenvalue weighted by atomic mass is 10.1. The van der Waals surface area contributed by atoms with Crippen LogP contribution in [0.15, 0.2) is 36.5 Å². The number of rotatable bonds is 4. The zero-order valence-electron chi connectivity index (χ0n) is 13.3. The molecule has 1 aromatic heterocycles. The first kappa shape index (κ1) is 17.0. The summed E-state index contributed by atoms with van der Waals surface area (Å²) < 4.78 is 2.08. The van der Waals surface area contributed by atoms with Crippen LogP contribution in [-0.4, -0.2) is 40.9 Å². The second-order valence-electron chi connectivity index (χ2n) is 5.88. The van der Waals surface area contributed by atoms with Gasteiger partial charge in [-0.2, -0.15) is 5.10 Å². The molecule has 0 bridgehead atoms. The maximum Gasteiger partial charge on any atom is 0.0678 e. The van der Waals surface area contributed by atoms with E-state index in [1.54, 1.807) is 0 Å². The predicted octanol–water partition coefficient (Wildman–Crippen LogP) is 2.79. The molecule has 22 heavy (non-hydrogen) atoms. The Hall–Kier alpha value is -1.36. The van der Waals surface area contributed by atoms with Gasteiger partial charge in [0.15, 0.2) is 0 Å². The molecule has 0 spiro atoms. The van der Waals surface area contributed by atoms with E-state index in [1.807, 2.05) is 6.20 Å². The summed E-state index contributed by atoms with van der Waals surface area (Å²) in [5.41, 5.74) is 3.70. The molecule has 0 amide bonds. The van der Waals surface area contributed by atoms with E-state index in [0.717, 1.165) is 13.1 Å². The van der Waals surface area contributed by atoms with Gasteiger partial charge in [-0.25, -0.2) is 4.68 Å². The Morgan fingerprint density at radius 3 is 2.86 bits per heavy atom. The quantitative estimate of drug-likeness (QED) is 0.940. The van der Waals surface area contributed by atoms with Crippen LogP contribution in [0.1, 0.15) is 24.1 Å². The molecular weight excluding hydrogens is 296 g/mol. The highest BCUT2D eigenvalue weighted by Gasteiger charge is 2.19. The molecule has 0 saturated carbocycles. The van der Waals surface area contributed by atoms with Crippen LogP contribution in [0.25, 0.3) is 5.69 Å². The fourth-order valence-corrected chi connectivity index (χ4v) is 3.13. The fraction of sp³-hybridized carbons (Fsp3) is 0.471. The Balaban J connectivity index is 0.00000176. The lowest BCUT2D eigenvalue weighted by Crippen LogP contribution is -2.44. The van der Waals surface area contributed by atoms with Crippen molar-refractivity contribution in [1.82, 2.24) is 20.0 Å². The number of benzene rings is 1. The molecule has 2 aromatic rings. The third-order valence-electron chi connectivity index (χ3n) is 4.36. The van der Waals surface area contributed by atoms with Crippen LogP contribution in [0.5, 0.6) is 0 Å². The number of hydrogen-bond acceptors (Lipinski definition) is 3. The summed E-state index contributed by atoms with van der Waals surface area (Å²) in [6.07, 6.45) is 4.45. The number of likely N-dealkylation sites (N-methyl/N-ethyl adjacent to an activating group) is 1. The summed E-state index contributed by atoms with van der Waals surface area (Å²) in [6.45, 7) is 5.40. The molecule has 1 aliphatic rings. The molecule has 120 valence electrons. The molecule has 1 atom stereocenters. The summed E-state index contributed by atoms with van der Waals surface area (Å²) in [5.74, 6) is 0. The van der Waals surface area contributed by atoms with Gasteiger partial charge in [-0.05, 0) is 51.1 Å². The van der Waals surface area contributed by atoms with Crippen molar-refractivity contribution in [3.8, 4) is 5.69 Å². The minimum Gasteiger partial charge on any atom is -0.316 e. The van der Waals surface area contributed by atoms with E-state index < -0.39 is 0 Å². The lowest BCUT2D eigenvalue weighted by Gasteiger charge is -2.32. The summed E-state index contributed by atoms with van der Waals surface area (Å²) in [6, 6.07) is 11.2. The van der Waals surface area contributed by atoms with Gasteiger partial charge in [-0.3, -0.25) is 4.90 Å². The zero-order chi connectivity index (χ0) is 14.7. The Bertz CT molecular complexity index is 596. The van der Waals surface area contributed by atoms with Gasteiger partial charge < -0.3 is 5.32 Å². The van der Waals surface area contributed by atoms with Crippen molar-refractivity contribution in [2.75, 3.05) is 20.1 Å². The number of para-hydroxylation sites is 1. The molecule has 1 aliphatic heterocycles. The number of nitrogens with zero attached hydrogens (tertiary/aromatic N) is 3. The number of aromatic nitrogens is 2. The maximum atomic E-state index is 4.53. The molecule has 0 radical (unpaired) electrons. The fourth-order valence-electron chi connectivity index (χ4n) is 3.13. The van der Waals surface area contributed by atoms with Crippen LogP contribution in [0.2, 0.25) is 0 Å². The first-order chi connectivity index (χ1) is 10.3. The number of halogens is 1. The van der Waals surface area contributed by atoms with Gasteiger partial charge in [0.05, 0.1) is 11.4 Å². The number of aryl methyl sites for hydroxylation is 1. The van der Waals surface area contributed by atoms with Gasteiger partial charge in [-0.1, -0.05) is 18.2 Å². The molecular formula is C17H25ClN4. The van der Waals surface area contributed by atoms with E-state index in [4.69, 9.17) is 0 Å². The van der Waals surface area contributed by atoms with E-state index in [9.17, 15) is 0 Å². The number of likely N-dealkylation sites (tertiary alicyclic amines) is 1. The SMILES string of the molecule is CNC1CCCN(Cc2ccnn2-c2ccccc2C)C1.Cl. The molecule has 4 nitrogen and oxygen atoms in total. The summed E-state index contributed by atoms with van der Waals surface area (Å²) in [4.78, 5) is 2.52. The Morgan fingerprint density at radius 2 is 2.09 bits per heavy atom. The van der Waals surface area contributed by atoms with Crippen LogP contribution in [-0.2, 0) is 6.54 Å². The Morgan fingerprint density at radius 1 is 1.27 bits per heavy atom. The topological polar surface area (TPSA) is 33.1 Å². The molecule has 3 rings (SSSR count). The minimum atomic E-state index is 0. The van der Waals surface area contributed by atoms with Gasteiger partial charge >= 0.3 is 0 Å². The van der Waals surface area contributed by atoms with Gasteiger partial charge in [0.1, 0.15) is 0 Å². The van der Waals surface area contributed by atoms with Crippen LogP contribution in [0.4, 0.5) is 0 Å². The van der Waals surface area contributed by atoms with Gasteiger partial charge in [0.25, 0.3) is 0 Å². The highest BCUT2D eigenvalue weighted by atomic mass is 35.5. The largest absolute Gasteiger partial charge is 0.316 e. The molecule has 2 heterocycles. The van der Waals surface area contributed by atoms with Gasteiger partial charge in [-0.15, -0.1) is 12.4 Å². The maximum absolute atomic E-state index is 4.53. The van der Waals surface area contributed by atoms with Crippen molar-refractivity contribution in [3.63, 3.8) is 0 Å². The van der Waals surface area contributed by atoms with Crippen molar-refractivity contribution in [2.45, 2.75) is 32.4 Å². The molecule has 1 unspecified atom stereocenters. The van der Waals surface area contributed by atoms with Crippen molar-refractivity contribution >= 4 is 12.4 Å². The first-order valence-corrected chi connectivity index (χ1v) is 7.76. The normalized spacial score (nSPS) is 18.9. The average molecular weight is 321 g/mol. The van der Waals surface area contributed by atoms with Crippen LogP contribution < -0.4 is 5.32 Å². The number of piperidine rings is 1. The van der Waals surface area contributed by atoms with E-state index in [-0.39, 0.29) is 12.4 Å². The third-order valence-corrected chi connectivity index (χ3v) is 4.36. The zero-order valence-corrected chi connectivity index (χ0v) is 14.1. The monoisotopic (exact) mass is 320 g/mol. The molecule has 1 saturated heterocycles. The minimum absolute atomic E-state index is 0. The standard InChI is InChI=1S/C17H24N4.ClH/c1-14-6-3-4-8-17(14)21-16(9-10-19-21)13-20-11-5-7-15(12-20)18-2;/h3-4,6,8-10,15,18H,5,7,11-13H2,1-2H3;1H. The van der Waals surface area contributed by atoms with E-state index in [2.05, 4.69) is 64.3 Å². The van der Waals surface area contributed by atoms with Crippen LogP contribution in [0.3, 0.4) is 0 Å². The van der Waals surface area contributed by atoms with E-state index >= 15 is 0 Å². The van der Waals surface area contributed by atoms with Crippen LogP contribution >= 0.6 is 12.4 Å². The molecule has 1 fully saturated rings. The highest BCUT2D eigenvalue weighted by molar-refractivity contribution is 5.85. The summed E-state index contributed by atoms with van der Waals surface area (Å²) in [7, 11) is 2.06. The smallest absolute Gasteiger partial charge is 0.0678 e. The Kier molecular flexibility index (Phi) is 6.00. The highest BCUT2D eigenvalue weighted by Crippen LogP contribution is 2.18. The molecule has 1 N–H and O–H groups in total. The second-order valence-corrected chi connectivity index (χ2v) is 5.88. The van der Waals surface area contributed by atoms with Crippen molar-refractivity contribution in [3.05, 3.63) is 47.8 Å². The lowest BCUT2D eigenvalue weighted by molar-refractivity contribution is 0.185. The summed E-state index contributed by atoms with van der Waals surface area (Å²) in [5, 5.41) is 7.93. The number of hydrogen-bond donors (Lipinski definition) is 1. The van der Waals surface area contributed by atoms with Gasteiger partial charge in [0, 0.05) is 25.3 Å². The average Bonchev–Trinajstić information content (AvgIpc) is 2.96. The van der Waals surface area contributed by atoms with Crippen LogP contribution in [0, 0.1) is 6.92 Å². The van der Waals surface area contributed by atoms with E-state index in [1.165, 1.54) is 36.3 Å². The van der Waals surface area contributed by atoms with Crippen molar-refractivity contribution in [2.24, 2.45) is 0 Å². The second kappa shape index (κ2) is 7.77. The Labute approximate surface area is 138 Å².